The van der Waals surface area contributed by atoms with Gasteiger partial charge in [0.2, 0.25) is 0 Å². The van der Waals surface area contributed by atoms with E-state index < -0.39 is 14.9 Å². The molecule has 74 valence electrons. The van der Waals surface area contributed by atoms with Gasteiger partial charge in [0.05, 0.1) is 4.75 Å². The second-order valence-electron chi connectivity index (χ2n) is 3.49. The van der Waals surface area contributed by atoms with Crippen LogP contribution in [0.1, 0.15) is 27.2 Å². The minimum absolute atomic E-state index is 0.0693. The van der Waals surface area contributed by atoms with Crippen LogP contribution in [-0.2, 0) is 10.1 Å². The van der Waals surface area contributed by atoms with E-state index in [-0.39, 0.29) is 12.5 Å². The standard InChI is InChI=1S/C7H16O4S/c1-6(4-5-8)7(2,3)12(9,10)11/h6,8H,4-5H2,1-3H3,(H,9,10,11). The number of hydrogen-bond acceptors (Lipinski definition) is 3. The van der Waals surface area contributed by atoms with Crippen molar-refractivity contribution in [2.45, 2.75) is 31.9 Å². The summed E-state index contributed by atoms with van der Waals surface area (Å²) in [6.07, 6.45) is 0.368. The van der Waals surface area contributed by atoms with E-state index in [0.717, 1.165) is 0 Å². The SMILES string of the molecule is CC(CCO)C(C)(C)S(=O)(=O)O. The molecule has 0 aliphatic heterocycles. The van der Waals surface area contributed by atoms with Crippen LogP contribution in [0.2, 0.25) is 0 Å². The molecule has 5 heteroatoms. The molecule has 0 bridgehead atoms. The smallest absolute Gasteiger partial charge is 0.270 e. The molecule has 0 radical (unpaired) electrons. The highest BCUT2D eigenvalue weighted by Gasteiger charge is 2.37. The first-order valence-electron chi connectivity index (χ1n) is 3.81. The van der Waals surface area contributed by atoms with E-state index in [1.54, 1.807) is 6.92 Å². The third-order valence-corrected chi connectivity index (χ3v) is 4.15. The van der Waals surface area contributed by atoms with Gasteiger partial charge in [-0.05, 0) is 26.2 Å². The van der Waals surface area contributed by atoms with Crippen molar-refractivity contribution < 1.29 is 18.1 Å². The third-order valence-electron chi connectivity index (χ3n) is 2.41. The Morgan fingerprint density at radius 2 is 1.83 bits per heavy atom. The predicted molar refractivity (Wildman–Crippen MR) is 46.5 cm³/mol. The first-order valence-corrected chi connectivity index (χ1v) is 5.25. The fourth-order valence-electron chi connectivity index (χ4n) is 0.795. The average Bonchev–Trinajstić information content (AvgIpc) is 1.85. The molecule has 0 aromatic heterocycles. The molecule has 0 aromatic rings. The Kier molecular flexibility index (Phi) is 3.68. The molecule has 0 saturated heterocycles. The summed E-state index contributed by atoms with van der Waals surface area (Å²) in [6.45, 7) is 4.51. The van der Waals surface area contributed by atoms with Gasteiger partial charge in [-0.15, -0.1) is 0 Å². The Morgan fingerprint density at radius 3 is 2.08 bits per heavy atom. The lowest BCUT2D eigenvalue weighted by Crippen LogP contribution is -2.38. The van der Waals surface area contributed by atoms with Gasteiger partial charge in [-0.25, -0.2) is 0 Å². The van der Waals surface area contributed by atoms with E-state index in [9.17, 15) is 8.42 Å². The zero-order valence-electron chi connectivity index (χ0n) is 7.61. The molecule has 0 aliphatic rings. The molecule has 0 saturated carbocycles. The van der Waals surface area contributed by atoms with Crippen LogP contribution in [0, 0.1) is 5.92 Å². The van der Waals surface area contributed by atoms with Crippen LogP contribution in [0.4, 0.5) is 0 Å². The van der Waals surface area contributed by atoms with Crippen LogP contribution in [-0.4, -0.2) is 29.4 Å². The molecular weight excluding hydrogens is 180 g/mol. The second kappa shape index (κ2) is 3.72. The lowest BCUT2D eigenvalue weighted by molar-refractivity contribution is 0.242. The van der Waals surface area contributed by atoms with E-state index in [4.69, 9.17) is 9.66 Å². The third kappa shape index (κ3) is 2.43. The van der Waals surface area contributed by atoms with Gasteiger partial charge in [0.25, 0.3) is 10.1 Å². The molecule has 0 heterocycles. The summed E-state index contributed by atoms with van der Waals surface area (Å²) < 4.78 is 29.3. The average molecular weight is 196 g/mol. The highest BCUT2D eigenvalue weighted by molar-refractivity contribution is 7.87. The largest absolute Gasteiger partial charge is 0.396 e. The van der Waals surface area contributed by atoms with Crippen LogP contribution < -0.4 is 0 Å². The quantitative estimate of drug-likeness (QED) is 0.648. The van der Waals surface area contributed by atoms with Gasteiger partial charge in [-0.2, -0.15) is 8.42 Å². The summed E-state index contributed by atoms with van der Waals surface area (Å²) in [4.78, 5) is 0. The van der Waals surface area contributed by atoms with Gasteiger partial charge < -0.3 is 5.11 Å². The molecule has 0 aliphatic carbocycles. The van der Waals surface area contributed by atoms with Crippen LogP contribution in [0.25, 0.3) is 0 Å². The van der Waals surface area contributed by atoms with Crippen molar-refractivity contribution >= 4 is 10.1 Å². The van der Waals surface area contributed by atoms with Crippen molar-refractivity contribution in [3.8, 4) is 0 Å². The highest BCUT2D eigenvalue weighted by atomic mass is 32.2. The predicted octanol–water partition coefficient (Wildman–Crippen LogP) is 0.671. The first kappa shape index (κ1) is 11.9. The lowest BCUT2D eigenvalue weighted by atomic mass is 9.94. The summed E-state index contributed by atoms with van der Waals surface area (Å²) >= 11 is 0. The topological polar surface area (TPSA) is 74.6 Å². The molecule has 0 spiro atoms. The van der Waals surface area contributed by atoms with Gasteiger partial charge in [-0.1, -0.05) is 6.92 Å². The van der Waals surface area contributed by atoms with E-state index in [0.29, 0.717) is 6.42 Å². The zero-order valence-corrected chi connectivity index (χ0v) is 8.43. The van der Waals surface area contributed by atoms with Crippen LogP contribution in [0.15, 0.2) is 0 Å². The van der Waals surface area contributed by atoms with E-state index >= 15 is 0 Å². The number of aliphatic hydroxyl groups is 1. The minimum Gasteiger partial charge on any atom is -0.396 e. The molecule has 4 nitrogen and oxygen atoms in total. The van der Waals surface area contributed by atoms with E-state index in [2.05, 4.69) is 0 Å². The monoisotopic (exact) mass is 196 g/mol. The van der Waals surface area contributed by atoms with Crippen molar-refractivity contribution in [3.63, 3.8) is 0 Å². The zero-order chi connectivity index (χ0) is 9.99. The Hall–Kier alpha value is -0.130. The van der Waals surface area contributed by atoms with Gasteiger partial charge in [0.15, 0.2) is 0 Å². The number of aliphatic hydroxyl groups excluding tert-OH is 1. The van der Waals surface area contributed by atoms with Crippen molar-refractivity contribution in [1.82, 2.24) is 0 Å². The summed E-state index contributed by atoms with van der Waals surface area (Å²) in [5.41, 5.74) is 0. The van der Waals surface area contributed by atoms with Crippen molar-refractivity contribution in [2.24, 2.45) is 5.92 Å². The molecule has 0 fully saturated rings. The van der Waals surface area contributed by atoms with Gasteiger partial charge >= 0.3 is 0 Å². The number of rotatable bonds is 4. The molecular formula is C7H16O4S. The maximum absolute atomic E-state index is 10.8. The maximum Gasteiger partial charge on any atom is 0.270 e. The molecule has 0 rings (SSSR count). The summed E-state index contributed by atoms with van der Waals surface area (Å²) in [7, 11) is -4.03. The van der Waals surface area contributed by atoms with Crippen molar-refractivity contribution in [2.75, 3.05) is 6.61 Å². The summed E-state index contributed by atoms with van der Waals surface area (Å²) in [6, 6.07) is 0. The van der Waals surface area contributed by atoms with E-state index in [1.165, 1.54) is 13.8 Å². The molecule has 0 amide bonds. The second-order valence-corrected chi connectivity index (χ2v) is 5.49. The number of hydrogen-bond donors (Lipinski definition) is 2. The first-order chi connectivity index (χ1) is 5.23. The summed E-state index contributed by atoms with van der Waals surface area (Å²) in [5, 5.41) is 8.59. The Morgan fingerprint density at radius 1 is 1.42 bits per heavy atom. The fourth-order valence-corrected chi connectivity index (χ4v) is 1.42. The van der Waals surface area contributed by atoms with Gasteiger partial charge in [0, 0.05) is 6.61 Å². The molecule has 0 aromatic carbocycles. The highest BCUT2D eigenvalue weighted by Crippen LogP contribution is 2.27. The van der Waals surface area contributed by atoms with Gasteiger partial charge in [0.1, 0.15) is 0 Å². The fraction of sp³-hybridized carbons (Fsp3) is 1.00. The summed E-state index contributed by atoms with van der Waals surface area (Å²) in [5.74, 6) is -0.266. The van der Waals surface area contributed by atoms with Crippen LogP contribution in [0.5, 0.6) is 0 Å². The van der Waals surface area contributed by atoms with Crippen molar-refractivity contribution in [3.05, 3.63) is 0 Å². The van der Waals surface area contributed by atoms with E-state index in [1.807, 2.05) is 0 Å². The molecule has 12 heavy (non-hydrogen) atoms. The van der Waals surface area contributed by atoms with Crippen molar-refractivity contribution in [1.29, 1.82) is 0 Å². The lowest BCUT2D eigenvalue weighted by Gasteiger charge is -2.27. The van der Waals surface area contributed by atoms with Gasteiger partial charge in [-0.3, -0.25) is 4.55 Å². The normalized spacial score (nSPS) is 16.1. The van der Waals surface area contributed by atoms with Crippen LogP contribution >= 0.6 is 0 Å². The Balaban J connectivity index is 4.62. The Bertz CT molecular complexity index is 230. The maximum atomic E-state index is 10.8. The molecule has 1 unspecified atom stereocenters. The molecule has 2 N–H and O–H groups in total. The Labute approximate surface area is 73.4 Å². The minimum atomic E-state index is -4.03. The molecule has 1 atom stereocenters. The van der Waals surface area contributed by atoms with Crippen LogP contribution in [0.3, 0.4) is 0 Å².